The molecule has 1 fully saturated rings. The van der Waals surface area contributed by atoms with Gasteiger partial charge < -0.3 is 24.8 Å². The Bertz CT molecular complexity index is 244. The molecular formula is C12H24N2O4. The van der Waals surface area contributed by atoms with Crippen LogP contribution in [0.3, 0.4) is 0 Å². The largest absolute Gasteiger partial charge is 0.389 e. The van der Waals surface area contributed by atoms with Crippen LogP contribution in [0.15, 0.2) is 0 Å². The average Bonchev–Trinajstić information content (AvgIpc) is 2.37. The van der Waals surface area contributed by atoms with Crippen LogP contribution in [0.4, 0.5) is 0 Å². The van der Waals surface area contributed by atoms with Crippen LogP contribution in [0.2, 0.25) is 0 Å². The van der Waals surface area contributed by atoms with Gasteiger partial charge in [-0.15, -0.1) is 0 Å². The van der Waals surface area contributed by atoms with Gasteiger partial charge in [-0.3, -0.25) is 4.79 Å². The standard InChI is InChI=1S/C12H24N2O4/c1-14(7-10(15)8-17-2)12(16)9-18-11-3-5-13-6-4-11/h10-11,13,15H,3-9H2,1-2H3. The van der Waals surface area contributed by atoms with Crippen LogP contribution >= 0.6 is 0 Å². The van der Waals surface area contributed by atoms with E-state index in [0.717, 1.165) is 25.9 Å². The Labute approximate surface area is 108 Å². The molecule has 1 atom stereocenters. The second-order valence-corrected chi connectivity index (χ2v) is 4.64. The van der Waals surface area contributed by atoms with E-state index in [1.54, 1.807) is 7.05 Å². The maximum absolute atomic E-state index is 11.8. The topological polar surface area (TPSA) is 71.0 Å². The molecule has 0 aliphatic carbocycles. The molecule has 6 heteroatoms. The molecule has 1 aliphatic rings. The first kappa shape index (κ1) is 15.4. The van der Waals surface area contributed by atoms with Crippen molar-refractivity contribution < 1.29 is 19.4 Å². The monoisotopic (exact) mass is 260 g/mol. The maximum Gasteiger partial charge on any atom is 0.248 e. The number of hydrogen-bond acceptors (Lipinski definition) is 5. The molecule has 6 nitrogen and oxygen atoms in total. The molecule has 0 aromatic rings. The predicted octanol–water partition coefficient (Wildman–Crippen LogP) is -0.779. The van der Waals surface area contributed by atoms with Crippen LogP contribution in [0.5, 0.6) is 0 Å². The summed E-state index contributed by atoms with van der Waals surface area (Å²) in [6.45, 7) is 2.47. The van der Waals surface area contributed by atoms with E-state index in [0.29, 0.717) is 0 Å². The Morgan fingerprint density at radius 2 is 2.17 bits per heavy atom. The predicted molar refractivity (Wildman–Crippen MR) is 67.4 cm³/mol. The van der Waals surface area contributed by atoms with Crippen molar-refractivity contribution in [1.82, 2.24) is 10.2 Å². The molecule has 0 aromatic carbocycles. The van der Waals surface area contributed by atoms with Gasteiger partial charge in [0.05, 0.1) is 18.8 Å². The van der Waals surface area contributed by atoms with Gasteiger partial charge in [-0.25, -0.2) is 0 Å². The Hall–Kier alpha value is -0.690. The lowest BCUT2D eigenvalue weighted by Crippen LogP contribution is -2.40. The summed E-state index contributed by atoms with van der Waals surface area (Å²) in [6, 6.07) is 0. The summed E-state index contributed by atoms with van der Waals surface area (Å²) in [5.41, 5.74) is 0. The fraction of sp³-hybridized carbons (Fsp3) is 0.917. The lowest BCUT2D eigenvalue weighted by Gasteiger charge is -2.25. The van der Waals surface area contributed by atoms with Gasteiger partial charge >= 0.3 is 0 Å². The first-order chi connectivity index (χ1) is 8.63. The molecule has 1 saturated heterocycles. The number of nitrogens with one attached hydrogen (secondary N) is 1. The van der Waals surface area contributed by atoms with Gasteiger partial charge in [0.25, 0.3) is 0 Å². The van der Waals surface area contributed by atoms with Crippen LogP contribution in [-0.4, -0.2) is 75.1 Å². The van der Waals surface area contributed by atoms with Crippen LogP contribution in [0.25, 0.3) is 0 Å². The van der Waals surface area contributed by atoms with Crippen molar-refractivity contribution in [3.05, 3.63) is 0 Å². The summed E-state index contributed by atoms with van der Waals surface area (Å²) in [4.78, 5) is 13.2. The lowest BCUT2D eigenvalue weighted by molar-refractivity contribution is -0.139. The average molecular weight is 260 g/mol. The molecule has 1 aliphatic heterocycles. The van der Waals surface area contributed by atoms with Crippen molar-refractivity contribution in [2.24, 2.45) is 0 Å². The van der Waals surface area contributed by atoms with Gasteiger partial charge in [0.2, 0.25) is 5.91 Å². The van der Waals surface area contributed by atoms with Crippen LogP contribution in [0, 0.1) is 0 Å². The number of aliphatic hydroxyl groups is 1. The third kappa shape index (κ3) is 5.77. The minimum absolute atomic E-state index is 0.0842. The minimum Gasteiger partial charge on any atom is -0.389 e. The lowest BCUT2D eigenvalue weighted by atomic mass is 10.1. The molecule has 1 unspecified atom stereocenters. The van der Waals surface area contributed by atoms with Crippen LogP contribution in [-0.2, 0) is 14.3 Å². The van der Waals surface area contributed by atoms with Crippen molar-refractivity contribution in [1.29, 1.82) is 0 Å². The summed E-state index contributed by atoms with van der Waals surface area (Å²) < 4.78 is 10.4. The molecule has 0 radical (unpaired) electrons. The van der Waals surface area contributed by atoms with E-state index >= 15 is 0 Å². The first-order valence-electron chi connectivity index (χ1n) is 6.36. The van der Waals surface area contributed by atoms with Crippen molar-refractivity contribution in [3.8, 4) is 0 Å². The smallest absolute Gasteiger partial charge is 0.248 e. The maximum atomic E-state index is 11.8. The van der Waals surface area contributed by atoms with Gasteiger partial charge in [-0.2, -0.15) is 0 Å². The van der Waals surface area contributed by atoms with Gasteiger partial charge in [-0.1, -0.05) is 0 Å². The van der Waals surface area contributed by atoms with Crippen molar-refractivity contribution in [2.45, 2.75) is 25.0 Å². The van der Waals surface area contributed by atoms with E-state index in [1.165, 1.54) is 12.0 Å². The van der Waals surface area contributed by atoms with Crippen molar-refractivity contribution >= 4 is 5.91 Å². The van der Waals surface area contributed by atoms with Crippen molar-refractivity contribution in [2.75, 3.05) is 47.0 Å². The minimum atomic E-state index is -0.650. The number of hydrogen-bond donors (Lipinski definition) is 2. The van der Waals surface area contributed by atoms with Gasteiger partial charge in [-0.05, 0) is 25.9 Å². The summed E-state index contributed by atoms with van der Waals surface area (Å²) in [5.74, 6) is -0.108. The van der Waals surface area contributed by atoms with E-state index in [9.17, 15) is 9.90 Å². The zero-order valence-electron chi connectivity index (χ0n) is 11.2. The Morgan fingerprint density at radius 1 is 1.50 bits per heavy atom. The van der Waals surface area contributed by atoms with Crippen LogP contribution in [0.1, 0.15) is 12.8 Å². The number of methoxy groups -OCH3 is 1. The van der Waals surface area contributed by atoms with Gasteiger partial charge in [0.1, 0.15) is 6.61 Å². The summed E-state index contributed by atoms with van der Waals surface area (Å²) >= 11 is 0. The fourth-order valence-corrected chi connectivity index (χ4v) is 1.92. The molecule has 1 amide bonds. The highest BCUT2D eigenvalue weighted by molar-refractivity contribution is 5.77. The zero-order chi connectivity index (χ0) is 13.4. The van der Waals surface area contributed by atoms with Gasteiger partial charge in [0.15, 0.2) is 0 Å². The molecule has 0 saturated carbocycles. The molecule has 0 bridgehead atoms. The quantitative estimate of drug-likeness (QED) is 0.628. The van der Waals surface area contributed by atoms with Crippen LogP contribution < -0.4 is 5.32 Å². The third-order valence-electron chi connectivity index (χ3n) is 3.00. The molecule has 0 spiro atoms. The second-order valence-electron chi connectivity index (χ2n) is 4.64. The number of rotatable bonds is 7. The molecule has 1 heterocycles. The first-order valence-corrected chi connectivity index (χ1v) is 6.36. The summed E-state index contributed by atoms with van der Waals surface area (Å²) in [5, 5.41) is 12.8. The molecule has 106 valence electrons. The number of amides is 1. The van der Waals surface area contributed by atoms with E-state index < -0.39 is 6.10 Å². The summed E-state index contributed by atoms with van der Waals surface area (Å²) in [7, 11) is 3.18. The number of piperidine rings is 1. The highest BCUT2D eigenvalue weighted by atomic mass is 16.5. The zero-order valence-corrected chi connectivity index (χ0v) is 11.2. The SMILES string of the molecule is COCC(O)CN(C)C(=O)COC1CCNCC1. The molecule has 1 rings (SSSR count). The molecule has 18 heavy (non-hydrogen) atoms. The fourth-order valence-electron chi connectivity index (χ4n) is 1.92. The Kier molecular flexibility index (Phi) is 7.19. The van der Waals surface area contributed by atoms with Crippen molar-refractivity contribution in [3.63, 3.8) is 0 Å². The number of carbonyl (C=O) groups excluding carboxylic acids is 1. The summed E-state index contributed by atoms with van der Waals surface area (Å²) in [6.07, 6.45) is 1.42. The number of carbonyl (C=O) groups is 1. The normalized spacial score (nSPS) is 18.6. The third-order valence-corrected chi connectivity index (χ3v) is 3.00. The second kappa shape index (κ2) is 8.42. The number of ether oxygens (including phenoxy) is 2. The van der Waals surface area contributed by atoms with E-state index in [-0.39, 0.29) is 31.8 Å². The van der Waals surface area contributed by atoms with Gasteiger partial charge in [0, 0.05) is 20.7 Å². The molecular weight excluding hydrogens is 236 g/mol. The Balaban J connectivity index is 2.18. The highest BCUT2D eigenvalue weighted by Gasteiger charge is 2.18. The number of likely N-dealkylation sites (N-methyl/N-ethyl adjacent to an activating group) is 1. The van der Waals surface area contributed by atoms with E-state index in [4.69, 9.17) is 9.47 Å². The molecule has 0 aromatic heterocycles. The highest BCUT2D eigenvalue weighted by Crippen LogP contribution is 2.07. The number of nitrogens with zero attached hydrogens (tertiary/aromatic N) is 1. The Morgan fingerprint density at radius 3 is 2.78 bits per heavy atom. The number of aliphatic hydroxyl groups excluding tert-OH is 1. The van der Waals surface area contributed by atoms with E-state index in [1.807, 2.05) is 0 Å². The van der Waals surface area contributed by atoms with E-state index in [2.05, 4.69) is 5.32 Å². The molecule has 2 N–H and O–H groups in total.